The Morgan fingerprint density at radius 3 is 2.38 bits per heavy atom. The van der Waals surface area contributed by atoms with E-state index in [4.69, 9.17) is 0 Å². The maximum absolute atomic E-state index is 14.3. The lowest BCUT2D eigenvalue weighted by molar-refractivity contribution is -0.130. The van der Waals surface area contributed by atoms with Gasteiger partial charge in [0, 0.05) is 22.7 Å². The number of benzene rings is 4. The molecule has 0 aromatic heterocycles. The highest BCUT2D eigenvalue weighted by Gasteiger charge is 2.70. The van der Waals surface area contributed by atoms with Gasteiger partial charge in [-0.3, -0.25) is 19.7 Å². The molecule has 2 saturated heterocycles. The molecule has 2 fully saturated rings. The van der Waals surface area contributed by atoms with Gasteiger partial charge in [0.05, 0.1) is 17.5 Å². The summed E-state index contributed by atoms with van der Waals surface area (Å²) in [5, 5.41) is 17.9. The maximum Gasteiger partial charge on any atom is 0.250 e. The minimum atomic E-state index is -1.35. The number of hydrogen-bond acceptors (Lipinski definition) is 5. The summed E-state index contributed by atoms with van der Waals surface area (Å²) < 4.78 is 0. The molecule has 3 heterocycles. The first kappa shape index (κ1) is 21.8. The van der Waals surface area contributed by atoms with E-state index in [9.17, 15) is 19.5 Å². The summed E-state index contributed by atoms with van der Waals surface area (Å²) in [6.45, 7) is 0. The monoisotopic (exact) mass is 489 g/mol. The Labute approximate surface area is 212 Å². The molecule has 3 aliphatic heterocycles. The van der Waals surface area contributed by atoms with Crippen molar-refractivity contribution in [1.82, 2.24) is 5.32 Å². The van der Waals surface area contributed by atoms with Crippen LogP contribution in [0.25, 0.3) is 10.8 Å². The number of anilines is 2. The van der Waals surface area contributed by atoms with Gasteiger partial charge in [-0.15, -0.1) is 0 Å². The predicted molar refractivity (Wildman–Crippen MR) is 139 cm³/mol. The number of carbonyl (C=O) groups is 3. The van der Waals surface area contributed by atoms with Crippen LogP contribution in [0.4, 0.5) is 11.4 Å². The zero-order valence-corrected chi connectivity index (χ0v) is 19.7. The van der Waals surface area contributed by atoms with Crippen molar-refractivity contribution in [3.05, 3.63) is 102 Å². The molecular formula is C30H23N3O4. The summed E-state index contributed by atoms with van der Waals surface area (Å²) in [6.07, 6.45) is 0.418. The number of fused-ring (bicyclic) bond motifs is 5. The fourth-order valence-corrected chi connectivity index (χ4v) is 6.46. The summed E-state index contributed by atoms with van der Waals surface area (Å²) >= 11 is 0. The molecule has 4 aromatic rings. The number of nitrogens with zero attached hydrogens (tertiary/aromatic N) is 1. The standard InChI is InChI=1S/C30H23N3O4/c34-19-14-12-17(13-15-19)16-23-25-26(30(32-23)21-9-3-4-10-22(21)31-29(30)37)28(36)33(27(25)35)24-11-5-7-18-6-1-2-8-20(18)24/h1-15,23,25-26,32,34H,16H2,(H,31,37). The molecule has 0 radical (unpaired) electrons. The van der Waals surface area contributed by atoms with Crippen molar-refractivity contribution in [3.8, 4) is 5.75 Å². The van der Waals surface area contributed by atoms with Crippen LogP contribution >= 0.6 is 0 Å². The molecule has 0 bridgehead atoms. The number of imide groups is 1. The van der Waals surface area contributed by atoms with Gasteiger partial charge in [0.1, 0.15) is 11.3 Å². The first-order valence-electron chi connectivity index (χ1n) is 12.3. The van der Waals surface area contributed by atoms with Crippen molar-refractivity contribution in [2.24, 2.45) is 11.8 Å². The molecule has 3 N–H and O–H groups in total. The van der Waals surface area contributed by atoms with Crippen molar-refractivity contribution in [1.29, 1.82) is 0 Å². The zero-order chi connectivity index (χ0) is 25.3. The smallest absolute Gasteiger partial charge is 0.250 e. The minimum Gasteiger partial charge on any atom is -0.508 e. The summed E-state index contributed by atoms with van der Waals surface area (Å²) in [5.41, 5.74) is 1.40. The summed E-state index contributed by atoms with van der Waals surface area (Å²) in [6, 6.07) is 26.9. The molecule has 4 aromatic carbocycles. The highest BCUT2D eigenvalue weighted by atomic mass is 16.3. The van der Waals surface area contributed by atoms with Crippen LogP contribution in [0, 0.1) is 11.8 Å². The highest BCUT2D eigenvalue weighted by Crippen LogP contribution is 2.54. The minimum absolute atomic E-state index is 0.149. The van der Waals surface area contributed by atoms with Crippen LogP contribution in [0.2, 0.25) is 0 Å². The van der Waals surface area contributed by atoms with Crippen LogP contribution < -0.4 is 15.5 Å². The van der Waals surface area contributed by atoms with E-state index in [0.717, 1.165) is 16.3 Å². The molecule has 4 atom stereocenters. The molecule has 4 unspecified atom stereocenters. The van der Waals surface area contributed by atoms with E-state index in [2.05, 4.69) is 10.6 Å². The van der Waals surface area contributed by atoms with Crippen LogP contribution in [-0.2, 0) is 26.3 Å². The maximum atomic E-state index is 14.3. The van der Waals surface area contributed by atoms with Gasteiger partial charge in [-0.25, -0.2) is 4.90 Å². The quantitative estimate of drug-likeness (QED) is 0.381. The van der Waals surface area contributed by atoms with Gasteiger partial charge in [-0.2, -0.15) is 0 Å². The third kappa shape index (κ3) is 2.95. The number of nitrogens with one attached hydrogen (secondary N) is 2. The van der Waals surface area contributed by atoms with Gasteiger partial charge in [0.25, 0.3) is 0 Å². The van der Waals surface area contributed by atoms with Gasteiger partial charge < -0.3 is 10.4 Å². The molecule has 0 saturated carbocycles. The largest absolute Gasteiger partial charge is 0.508 e. The number of rotatable bonds is 3. The van der Waals surface area contributed by atoms with E-state index in [1.807, 2.05) is 60.7 Å². The van der Waals surface area contributed by atoms with Crippen molar-refractivity contribution in [2.45, 2.75) is 18.0 Å². The molecule has 182 valence electrons. The fourth-order valence-electron chi connectivity index (χ4n) is 6.46. The molecule has 3 aliphatic rings. The second-order valence-corrected chi connectivity index (χ2v) is 9.94. The molecule has 1 spiro atoms. The van der Waals surface area contributed by atoms with Crippen LogP contribution in [0.1, 0.15) is 11.1 Å². The Balaban J connectivity index is 1.39. The second-order valence-electron chi connectivity index (χ2n) is 9.94. The van der Waals surface area contributed by atoms with E-state index in [0.29, 0.717) is 23.4 Å². The van der Waals surface area contributed by atoms with Gasteiger partial charge in [0.2, 0.25) is 17.7 Å². The van der Waals surface area contributed by atoms with Crippen molar-refractivity contribution >= 4 is 39.9 Å². The lowest BCUT2D eigenvalue weighted by atomic mass is 9.76. The first-order chi connectivity index (χ1) is 18.0. The molecule has 3 amide bonds. The average molecular weight is 490 g/mol. The van der Waals surface area contributed by atoms with Crippen molar-refractivity contribution in [3.63, 3.8) is 0 Å². The molecule has 37 heavy (non-hydrogen) atoms. The number of carbonyl (C=O) groups excluding carboxylic acids is 3. The van der Waals surface area contributed by atoms with Crippen molar-refractivity contribution < 1.29 is 19.5 Å². The Morgan fingerprint density at radius 2 is 1.54 bits per heavy atom. The van der Waals surface area contributed by atoms with Crippen molar-refractivity contribution in [2.75, 3.05) is 10.2 Å². The zero-order valence-electron chi connectivity index (χ0n) is 19.7. The van der Waals surface area contributed by atoms with E-state index in [-0.39, 0.29) is 23.5 Å². The van der Waals surface area contributed by atoms with E-state index < -0.39 is 23.4 Å². The Bertz CT molecular complexity index is 1610. The third-order valence-electron chi connectivity index (χ3n) is 8.02. The van der Waals surface area contributed by atoms with Crippen LogP contribution in [0.3, 0.4) is 0 Å². The molecule has 7 heteroatoms. The van der Waals surface area contributed by atoms with E-state index in [1.54, 1.807) is 30.3 Å². The Hall–Kier alpha value is -4.49. The normalized spacial score (nSPS) is 26.1. The second kappa shape index (κ2) is 7.75. The summed E-state index contributed by atoms with van der Waals surface area (Å²) in [5.74, 6) is -2.49. The Morgan fingerprint density at radius 1 is 0.811 bits per heavy atom. The summed E-state index contributed by atoms with van der Waals surface area (Å²) in [4.78, 5) is 43.4. The number of phenolic OH excluding ortho intramolecular Hbond substituents is 1. The molecule has 0 aliphatic carbocycles. The van der Waals surface area contributed by atoms with Gasteiger partial charge >= 0.3 is 0 Å². The predicted octanol–water partition coefficient (Wildman–Crippen LogP) is 3.71. The number of amides is 3. The number of aromatic hydroxyl groups is 1. The summed E-state index contributed by atoms with van der Waals surface area (Å²) in [7, 11) is 0. The fraction of sp³-hybridized carbons (Fsp3) is 0.167. The first-order valence-corrected chi connectivity index (χ1v) is 12.3. The Kier molecular flexibility index (Phi) is 4.56. The number of hydrogen-bond donors (Lipinski definition) is 3. The van der Waals surface area contributed by atoms with Crippen LogP contribution in [0.15, 0.2) is 91.0 Å². The van der Waals surface area contributed by atoms with Gasteiger partial charge in [-0.1, -0.05) is 66.7 Å². The molecule has 7 rings (SSSR count). The lowest BCUT2D eigenvalue weighted by Gasteiger charge is -2.29. The molecule has 7 nitrogen and oxygen atoms in total. The van der Waals surface area contributed by atoms with Crippen LogP contribution in [-0.4, -0.2) is 28.9 Å². The SMILES string of the molecule is O=C1C2C(Cc3ccc(O)cc3)NC3(C(=O)Nc4ccccc43)C2C(=O)N1c1cccc2ccccc12. The molecular weight excluding hydrogens is 466 g/mol. The topological polar surface area (TPSA) is 98.7 Å². The van der Waals surface area contributed by atoms with Gasteiger partial charge in [0.15, 0.2) is 0 Å². The number of phenols is 1. The lowest BCUT2D eigenvalue weighted by Crippen LogP contribution is -2.53. The third-order valence-corrected chi connectivity index (χ3v) is 8.02. The van der Waals surface area contributed by atoms with E-state index >= 15 is 0 Å². The number of para-hydroxylation sites is 1. The highest BCUT2D eigenvalue weighted by molar-refractivity contribution is 6.28. The van der Waals surface area contributed by atoms with E-state index in [1.165, 1.54) is 4.90 Å². The van der Waals surface area contributed by atoms with Gasteiger partial charge in [-0.05, 0) is 41.6 Å². The van der Waals surface area contributed by atoms with Crippen LogP contribution in [0.5, 0.6) is 5.75 Å². The average Bonchev–Trinajstić information content (AvgIpc) is 3.49.